The van der Waals surface area contributed by atoms with Crippen LogP contribution < -0.4 is 14.4 Å². The number of aryl methyl sites for hydroxylation is 1. The molecule has 0 N–H and O–H groups in total. The standard InChI is InChI=1S/C38H34N2O4/c1-23-5-13-29(14-6-23)43-30-15-7-26(8-16-30)27-9-17-31(18-10-27)44-32-19-11-28(12-20-32)40-25(3)34-21-33-24(2)39(4)37(41)35(33)22-36(34)38(40)42/h5-20,33-36H,2-3,21-22H2,1,4H3. The number of fused-ring (bicyclic) bond motifs is 2. The molecule has 1 aliphatic carbocycles. The van der Waals surface area contributed by atoms with Crippen LogP contribution in [0.15, 0.2) is 122 Å². The molecule has 6 heteroatoms. The van der Waals surface area contributed by atoms with Gasteiger partial charge in [-0.15, -0.1) is 0 Å². The Kier molecular flexibility index (Phi) is 6.85. The molecule has 0 bridgehead atoms. The van der Waals surface area contributed by atoms with E-state index in [1.807, 2.05) is 97.1 Å². The number of nitrogens with zero attached hydrogens (tertiary/aromatic N) is 2. The first-order valence-corrected chi connectivity index (χ1v) is 15.0. The Morgan fingerprint density at radius 2 is 0.977 bits per heavy atom. The van der Waals surface area contributed by atoms with Crippen LogP contribution in [0.1, 0.15) is 18.4 Å². The third kappa shape index (κ3) is 4.86. The van der Waals surface area contributed by atoms with E-state index in [0.717, 1.165) is 51.9 Å². The summed E-state index contributed by atoms with van der Waals surface area (Å²) in [6, 6.07) is 31.5. The Labute approximate surface area is 257 Å². The zero-order chi connectivity index (χ0) is 30.5. The predicted octanol–water partition coefficient (Wildman–Crippen LogP) is 8.35. The van der Waals surface area contributed by atoms with Crippen molar-refractivity contribution in [3.8, 4) is 34.1 Å². The minimum Gasteiger partial charge on any atom is -0.457 e. The number of benzene rings is 4. The molecule has 220 valence electrons. The smallest absolute Gasteiger partial charge is 0.235 e. The molecule has 1 saturated carbocycles. The fourth-order valence-electron chi connectivity index (χ4n) is 6.86. The predicted molar refractivity (Wildman–Crippen MR) is 171 cm³/mol. The van der Waals surface area contributed by atoms with E-state index in [0.29, 0.717) is 12.2 Å². The van der Waals surface area contributed by atoms with Gasteiger partial charge in [-0.25, -0.2) is 0 Å². The van der Waals surface area contributed by atoms with Crippen LogP contribution in [0.4, 0.5) is 5.69 Å². The average molecular weight is 583 g/mol. The van der Waals surface area contributed by atoms with E-state index < -0.39 is 0 Å². The number of likely N-dealkylation sites (tertiary alicyclic amines) is 1. The van der Waals surface area contributed by atoms with Gasteiger partial charge < -0.3 is 14.4 Å². The van der Waals surface area contributed by atoms with Gasteiger partial charge in [-0.05, 0) is 91.6 Å². The molecule has 0 aromatic heterocycles. The van der Waals surface area contributed by atoms with Crippen molar-refractivity contribution in [2.24, 2.45) is 23.7 Å². The highest BCUT2D eigenvalue weighted by atomic mass is 16.5. The van der Waals surface area contributed by atoms with Crippen molar-refractivity contribution in [1.82, 2.24) is 4.90 Å². The minimum absolute atomic E-state index is 0.0189. The minimum atomic E-state index is -0.224. The lowest BCUT2D eigenvalue weighted by Gasteiger charge is -2.31. The van der Waals surface area contributed by atoms with Crippen molar-refractivity contribution in [2.45, 2.75) is 19.8 Å². The van der Waals surface area contributed by atoms with Gasteiger partial charge in [0.1, 0.15) is 23.0 Å². The van der Waals surface area contributed by atoms with E-state index in [1.165, 1.54) is 5.56 Å². The molecule has 0 radical (unpaired) electrons. The van der Waals surface area contributed by atoms with Gasteiger partial charge in [0, 0.05) is 47.8 Å². The molecular formula is C38H34N2O4. The molecule has 4 aromatic carbocycles. The molecule has 3 fully saturated rings. The van der Waals surface area contributed by atoms with Crippen molar-refractivity contribution >= 4 is 17.5 Å². The van der Waals surface area contributed by atoms with Crippen molar-refractivity contribution < 1.29 is 19.1 Å². The summed E-state index contributed by atoms with van der Waals surface area (Å²) >= 11 is 0. The third-order valence-electron chi connectivity index (χ3n) is 9.38. The lowest BCUT2D eigenvalue weighted by atomic mass is 9.69. The summed E-state index contributed by atoms with van der Waals surface area (Å²) in [5.74, 6) is 2.80. The number of amides is 2. The van der Waals surface area contributed by atoms with Gasteiger partial charge >= 0.3 is 0 Å². The van der Waals surface area contributed by atoms with Crippen molar-refractivity contribution in [3.05, 3.63) is 127 Å². The fourth-order valence-corrected chi connectivity index (χ4v) is 6.86. The molecule has 2 saturated heterocycles. The molecule has 2 heterocycles. The zero-order valence-electron chi connectivity index (χ0n) is 24.9. The average Bonchev–Trinajstić information content (AvgIpc) is 3.41. The van der Waals surface area contributed by atoms with Crippen molar-refractivity contribution in [2.75, 3.05) is 11.9 Å². The van der Waals surface area contributed by atoms with Crippen molar-refractivity contribution in [1.29, 1.82) is 0 Å². The molecule has 4 aromatic rings. The molecule has 44 heavy (non-hydrogen) atoms. The number of allylic oxidation sites excluding steroid dienone is 2. The largest absolute Gasteiger partial charge is 0.457 e. The Morgan fingerprint density at radius 1 is 0.568 bits per heavy atom. The number of carbonyl (C=O) groups is 2. The Balaban J connectivity index is 0.992. The van der Waals surface area contributed by atoms with Gasteiger partial charge in [0.15, 0.2) is 0 Å². The summed E-state index contributed by atoms with van der Waals surface area (Å²) in [6.45, 7) is 10.5. The molecule has 6 nitrogen and oxygen atoms in total. The van der Waals surface area contributed by atoms with Crippen molar-refractivity contribution in [3.63, 3.8) is 0 Å². The van der Waals surface area contributed by atoms with E-state index in [9.17, 15) is 9.59 Å². The maximum Gasteiger partial charge on any atom is 0.235 e. The lowest BCUT2D eigenvalue weighted by Crippen LogP contribution is -2.33. The van der Waals surface area contributed by atoms with Crippen LogP contribution >= 0.6 is 0 Å². The molecular weight excluding hydrogens is 548 g/mol. The molecule has 2 aliphatic heterocycles. The number of ether oxygens (including phenoxy) is 2. The van der Waals surface area contributed by atoms with Crippen LogP contribution in [0.25, 0.3) is 11.1 Å². The van der Waals surface area contributed by atoms with E-state index in [2.05, 4.69) is 20.1 Å². The normalized spacial score (nSPS) is 22.7. The first-order valence-electron chi connectivity index (χ1n) is 15.0. The summed E-state index contributed by atoms with van der Waals surface area (Å²) < 4.78 is 12.1. The van der Waals surface area contributed by atoms with Gasteiger partial charge in [0.25, 0.3) is 0 Å². The highest BCUT2D eigenvalue weighted by Crippen LogP contribution is 2.53. The van der Waals surface area contributed by atoms with E-state index in [1.54, 1.807) is 16.8 Å². The van der Waals surface area contributed by atoms with Gasteiger partial charge in [0.05, 0.1) is 0 Å². The Bertz CT molecular complexity index is 1720. The second-order valence-corrected chi connectivity index (χ2v) is 12.0. The number of hydrogen-bond acceptors (Lipinski definition) is 4. The summed E-state index contributed by atoms with van der Waals surface area (Å²) in [5, 5.41) is 0. The lowest BCUT2D eigenvalue weighted by molar-refractivity contribution is -0.131. The van der Waals surface area contributed by atoms with Crippen LogP contribution in [0.5, 0.6) is 23.0 Å². The maximum atomic E-state index is 13.5. The Hall–Kier alpha value is -5.10. The van der Waals surface area contributed by atoms with Crippen LogP contribution in [-0.4, -0.2) is 23.8 Å². The van der Waals surface area contributed by atoms with Gasteiger partial charge in [0.2, 0.25) is 11.8 Å². The molecule has 4 atom stereocenters. The first-order chi connectivity index (χ1) is 21.3. The third-order valence-corrected chi connectivity index (χ3v) is 9.38. The molecule has 2 amide bonds. The number of anilines is 1. The van der Waals surface area contributed by atoms with Crippen LogP contribution in [0.3, 0.4) is 0 Å². The molecule has 7 rings (SSSR count). The van der Waals surface area contributed by atoms with Crippen LogP contribution in [-0.2, 0) is 9.59 Å². The summed E-state index contributed by atoms with van der Waals surface area (Å²) in [5.41, 5.74) is 5.77. The second kappa shape index (κ2) is 10.9. The van der Waals surface area contributed by atoms with E-state index in [-0.39, 0.29) is 35.5 Å². The van der Waals surface area contributed by atoms with Crippen LogP contribution in [0, 0.1) is 30.6 Å². The monoisotopic (exact) mass is 582 g/mol. The molecule has 3 aliphatic rings. The quantitative estimate of drug-likeness (QED) is 0.229. The topological polar surface area (TPSA) is 59.1 Å². The van der Waals surface area contributed by atoms with Crippen LogP contribution in [0.2, 0.25) is 0 Å². The molecule has 0 spiro atoms. The molecule has 4 unspecified atom stereocenters. The second-order valence-electron chi connectivity index (χ2n) is 12.0. The number of hydrogen-bond donors (Lipinski definition) is 0. The highest BCUT2D eigenvalue weighted by Gasteiger charge is 2.55. The van der Waals surface area contributed by atoms with Gasteiger partial charge in [-0.2, -0.15) is 0 Å². The highest BCUT2D eigenvalue weighted by molar-refractivity contribution is 6.02. The summed E-state index contributed by atoms with van der Waals surface area (Å²) in [4.78, 5) is 29.6. The van der Waals surface area contributed by atoms with Gasteiger partial charge in [-0.1, -0.05) is 55.1 Å². The fraction of sp³-hybridized carbons (Fsp3) is 0.211. The summed E-state index contributed by atoms with van der Waals surface area (Å²) in [7, 11) is 1.78. The Morgan fingerprint density at radius 3 is 1.50 bits per heavy atom. The first kappa shape index (κ1) is 27.7. The van der Waals surface area contributed by atoms with E-state index >= 15 is 0 Å². The van der Waals surface area contributed by atoms with Gasteiger partial charge in [-0.3, -0.25) is 14.5 Å². The zero-order valence-corrected chi connectivity index (χ0v) is 24.9. The summed E-state index contributed by atoms with van der Waals surface area (Å²) in [6.07, 6.45) is 1.28. The maximum absolute atomic E-state index is 13.5. The van der Waals surface area contributed by atoms with E-state index in [4.69, 9.17) is 9.47 Å². The number of rotatable bonds is 6. The SMILES string of the molecule is C=C1C2CC3C(=C)N(c4ccc(Oc5ccc(-c6ccc(Oc7ccc(C)cc7)cc6)cc5)cc4)C(=O)C3CC2C(=O)N1C. The number of carbonyl (C=O) groups excluding carboxylic acids is 2.